The van der Waals surface area contributed by atoms with Crippen molar-refractivity contribution in [3.8, 4) is 0 Å². The number of nitrogen functional groups attached to an aromatic ring is 1. The van der Waals surface area contributed by atoms with Crippen molar-refractivity contribution in [2.45, 2.75) is 19.4 Å². The van der Waals surface area contributed by atoms with E-state index in [9.17, 15) is 4.79 Å². The Balaban J connectivity index is 2.83. The highest BCUT2D eigenvalue weighted by Gasteiger charge is 2.19. The van der Waals surface area contributed by atoms with E-state index in [0.29, 0.717) is 16.3 Å². The summed E-state index contributed by atoms with van der Waals surface area (Å²) in [5, 5.41) is 0.422. The maximum absolute atomic E-state index is 12.3. The first-order valence-corrected chi connectivity index (χ1v) is 7.56. The molecule has 0 fully saturated rings. The van der Waals surface area contributed by atoms with Gasteiger partial charge in [-0.2, -0.15) is 11.8 Å². The van der Waals surface area contributed by atoms with Gasteiger partial charge in [-0.25, -0.2) is 0 Å². The van der Waals surface area contributed by atoms with Crippen LogP contribution in [0.5, 0.6) is 0 Å². The van der Waals surface area contributed by atoms with Gasteiger partial charge in [-0.05, 0) is 37.5 Å². The quantitative estimate of drug-likeness (QED) is 0.846. The minimum Gasteiger partial charge on any atom is -0.397 e. The molecule has 1 aromatic rings. The van der Waals surface area contributed by atoms with Gasteiger partial charge in [-0.3, -0.25) is 4.79 Å². The normalized spacial score (nSPS) is 12.2. The summed E-state index contributed by atoms with van der Waals surface area (Å²) in [5.74, 6) is 0.952. The van der Waals surface area contributed by atoms with Crippen molar-refractivity contribution in [3.05, 3.63) is 28.8 Å². The second-order valence-electron chi connectivity index (χ2n) is 4.25. The predicted molar refractivity (Wildman–Crippen MR) is 80.4 cm³/mol. The molecule has 100 valence electrons. The van der Waals surface area contributed by atoms with Crippen LogP contribution in [-0.2, 0) is 0 Å². The molecule has 0 radical (unpaired) electrons. The molecule has 0 heterocycles. The molecular weight excluding hydrogens is 268 g/mol. The molecule has 1 unspecified atom stereocenters. The van der Waals surface area contributed by atoms with Gasteiger partial charge in [0.1, 0.15) is 0 Å². The number of benzene rings is 1. The fourth-order valence-electron chi connectivity index (χ4n) is 1.60. The summed E-state index contributed by atoms with van der Waals surface area (Å²) in [6.45, 7) is 2.04. The van der Waals surface area contributed by atoms with Gasteiger partial charge in [0.25, 0.3) is 5.91 Å². The maximum atomic E-state index is 12.3. The Morgan fingerprint density at radius 1 is 1.56 bits per heavy atom. The number of para-hydroxylation sites is 1. The Morgan fingerprint density at radius 3 is 2.83 bits per heavy atom. The molecule has 1 amide bonds. The van der Waals surface area contributed by atoms with E-state index in [1.165, 1.54) is 0 Å². The van der Waals surface area contributed by atoms with Gasteiger partial charge in [0, 0.05) is 13.1 Å². The van der Waals surface area contributed by atoms with Crippen LogP contribution in [0.2, 0.25) is 5.02 Å². The zero-order valence-electron chi connectivity index (χ0n) is 10.9. The van der Waals surface area contributed by atoms with Gasteiger partial charge < -0.3 is 10.6 Å². The average molecular weight is 287 g/mol. The smallest absolute Gasteiger partial charge is 0.255 e. The molecule has 1 aromatic carbocycles. The van der Waals surface area contributed by atoms with Gasteiger partial charge in [-0.1, -0.05) is 17.7 Å². The summed E-state index contributed by atoms with van der Waals surface area (Å²) >= 11 is 7.70. The predicted octanol–water partition coefficient (Wildman–Crippen LogP) is 3.14. The fraction of sp³-hybridized carbons (Fsp3) is 0.462. The van der Waals surface area contributed by atoms with Gasteiger partial charge in [0.15, 0.2) is 0 Å². The van der Waals surface area contributed by atoms with Gasteiger partial charge in [-0.15, -0.1) is 0 Å². The lowest BCUT2D eigenvalue weighted by atomic mass is 10.1. The van der Waals surface area contributed by atoms with Gasteiger partial charge >= 0.3 is 0 Å². The van der Waals surface area contributed by atoms with E-state index in [1.54, 1.807) is 41.9 Å². The van der Waals surface area contributed by atoms with E-state index in [0.717, 1.165) is 12.2 Å². The number of nitrogens with two attached hydrogens (primary N) is 1. The van der Waals surface area contributed by atoms with Crippen molar-refractivity contribution in [3.63, 3.8) is 0 Å². The highest BCUT2D eigenvalue weighted by molar-refractivity contribution is 7.98. The molecule has 0 bridgehead atoms. The van der Waals surface area contributed by atoms with Crippen LogP contribution >= 0.6 is 23.4 Å². The first-order chi connectivity index (χ1) is 8.49. The van der Waals surface area contributed by atoms with Crippen LogP contribution in [0.1, 0.15) is 23.7 Å². The molecule has 1 rings (SSSR count). The van der Waals surface area contributed by atoms with E-state index in [4.69, 9.17) is 17.3 Å². The third kappa shape index (κ3) is 3.56. The monoisotopic (exact) mass is 286 g/mol. The molecule has 0 aromatic heterocycles. The minimum absolute atomic E-state index is 0.0800. The molecule has 0 aliphatic heterocycles. The Bertz CT molecular complexity index is 425. The SMILES string of the molecule is CSCCC(C)N(C)C(=O)c1cccc(Cl)c1N. The number of nitrogens with zero attached hydrogens (tertiary/aromatic N) is 1. The third-order valence-electron chi connectivity index (χ3n) is 3.00. The van der Waals surface area contributed by atoms with Crippen LogP contribution in [0.4, 0.5) is 5.69 Å². The molecule has 0 saturated heterocycles. The van der Waals surface area contributed by atoms with Crippen molar-refractivity contribution in [2.75, 3.05) is 24.8 Å². The summed E-state index contributed by atoms with van der Waals surface area (Å²) in [7, 11) is 1.80. The second kappa shape index (κ2) is 6.90. The van der Waals surface area contributed by atoms with Crippen LogP contribution in [0.25, 0.3) is 0 Å². The van der Waals surface area contributed by atoms with E-state index < -0.39 is 0 Å². The van der Waals surface area contributed by atoms with Crippen molar-refractivity contribution >= 4 is 35.0 Å². The van der Waals surface area contributed by atoms with Crippen LogP contribution in [0.15, 0.2) is 18.2 Å². The van der Waals surface area contributed by atoms with E-state index >= 15 is 0 Å². The molecule has 0 spiro atoms. The number of thioether (sulfide) groups is 1. The maximum Gasteiger partial charge on any atom is 0.255 e. The van der Waals surface area contributed by atoms with Crippen LogP contribution in [-0.4, -0.2) is 35.9 Å². The number of anilines is 1. The summed E-state index contributed by atoms with van der Waals surface area (Å²) in [6, 6.07) is 5.32. The summed E-state index contributed by atoms with van der Waals surface area (Å²) in [6.07, 6.45) is 3.02. The molecule has 18 heavy (non-hydrogen) atoms. The number of halogens is 1. The Hall–Kier alpha value is -0.870. The lowest BCUT2D eigenvalue weighted by molar-refractivity contribution is 0.0742. The first kappa shape index (κ1) is 15.2. The van der Waals surface area contributed by atoms with Crippen LogP contribution in [0.3, 0.4) is 0 Å². The number of hydrogen-bond donors (Lipinski definition) is 1. The molecule has 3 nitrogen and oxygen atoms in total. The standard InChI is InChI=1S/C13H19ClN2OS/c1-9(7-8-18-3)16(2)13(17)10-5-4-6-11(14)12(10)15/h4-6,9H,7-8,15H2,1-3H3. The van der Waals surface area contributed by atoms with Gasteiger partial charge in [0.05, 0.1) is 16.3 Å². The van der Waals surface area contributed by atoms with Crippen molar-refractivity contribution in [1.82, 2.24) is 4.90 Å². The largest absolute Gasteiger partial charge is 0.397 e. The summed E-state index contributed by atoms with van der Waals surface area (Å²) in [4.78, 5) is 14.0. The average Bonchev–Trinajstić information content (AvgIpc) is 2.37. The summed E-state index contributed by atoms with van der Waals surface area (Å²) in [5.41, 5.74) is 6.67. The van der Waals surface area contributed by atoms with Crippen molar-refractivity contribution < 1.29 is 4.79 Å². The fourth-order valence-corrected chi connectivity index (χ4v) is 2.35. The lowest BCUT2D eigenvalue weighted by Gasteiger charge is -2.25. The van der Waals surface area contributed by atoms with E-state index in [1.807, 2.05) is 6.92 Å². The molecule has 1 atom stereocenters. The highest BCUT2D eigenvalue weighted by atomic mass is 35.5. The molecule has 0 saturated carbocycles. The first-order valence-electron chi connectivity index (χ1n) is 5.79. The minimum atomic E-state index is -0.0800. The van der Waals surface area contributed by atoms with Crippen molar-refractivity contribution in [1.29, 1.82) is 0 Å². The topological polar surface area (TPSA) is 46.3 Å². The van der Waals surface area contributed by atoms with E-state index in [-0.39, 0.29) is 11.9 Å². The molecule has 0 aliphatic carbocycles. The number of hydrogen-bond acceptors (Lipinski definition) is 3. The summed E-state index contributed by atoms with van der Waals surface area (Å²) < 4.78 is 0. The number of carbonyl (C=O) groups is 1. The van der Waals surface area contributed by atoms with Crippen molar-refractivity contribution in [2.24, 2.45) is 0 Å². The zero-order valence-corrected chi connectivity index (χ0v) is 12.5. The molecule has 5 heteroatoms. The zero-order chi connectivity index (χ0) is 13.7. The third-order valence-corrected chi connectivity index (χ3v) is 3.98. The second-order valence-corrected chi connectivity index (χ2v) is 5.64. The number of rotatable bonds is 5. The Kier molecular flexibility index (Phi) is 5.82. The Labute approximate surface area is 118 Å². The molecule has 0 aliphatic rings. The highest BCUT2D eigenvalue weighted by Crippen LogP contribution is 2.24. The Morgan fingerprint density at radius 2 is 2.22 bits per heavy atom. The molecule has 2 N–H and O–H groups in total. The lowest BCUT2D eigenvalue weighted by Crippen LogP contribution is -2.35. The van der Waals surface area contributed by atoms with Gasteiger partial charge in [0.2, 0.25) is 0 Å². The number of amides is 1. The number of carbonyl (C=O) groups excluding carboxylic acids is 1. The van der Waals surface area contributed by atoms with Crippen LogP contribution in [0, 0.1) is 0 Å². The molecular formula is C13H19ClN2OS. The van der Waals surface area contributed by atoms with Crippen LogP contribution < -0.4 is 5.73 Å². The van der Waals surface area contributed by atoms with E-state index in [2.05, 4.69) is 6.26 Å².